The lowest BCUT2D eigenvalue weighted by atomic mass is 9.87. The number of carbonyl (C=O) groups is 1. The Kier molecular flexibility index (Phi) is 5.72. The molecule has 0 unspecified atom stereocenters. The van der Waals surface area contributed by atoms with Crippen LogP contribution >= 0.6 is 0 Å². The molecular formula is C24H27F3N6O3. The van der Waals surface area contributed by atoms with E-state index in [2.05, 4.69) is 15.3 Å². The minimum absolute atomic E-state index is 0.0769. The topological polar surface area (TPSA) is 104 Å². The minimum Gasteiger partial charge on any atom is -0.493 e. The van der Waals surface area contributed by atoms with Crippen LogP contribution < -0.4 is 15.0 Å². The van der Waals surface area contributed by atoms with E-state index in [1.807, 2.05) is 12.1 Å². The highest BCUT2D eigenvalue weighted by Crippen LogP contribution is 2.48. The Morgan fingerprint density at radius 2 is 2.11 bits per heavy atom. The molecule has 0 bridgehead atoms. The second-order valence-corrected chi connectivity index (χ2v) is 9.58. The van der Waals surface area contributed by atoms with Gasteiger partial charge < -0.3 is 19.7 Å². The molecule has 1 aromatic heterocycles. The van der Waals surface area contributed by atoms with Gasteiger partial charge in [-0.25, -0.2) is 9.97 Å². The van der Waals surface area contributed by atoms with E-state index in [-0.39, 0.29) is 31.3 Å². The van der Waals surface area contributed by atoms with Crippen molar-refractivity contribution in [3.8, 4) is 5.75 Å². The number of rotatable bonds is 4. The molecule has 12 heteroatoms. The van der Waals surface area contributed by atoms with Gasteiger partial charge in [0.25, 0.3) is 6.02 Å². The molecule has 36 heavy (non-hydrogen) atoms. The Hall–Kier alpha value is -3.57. The van der Waals surface area contributed by atoms with Crippen LogP contribution in [0.1, 0.15) is 43.6 Å². The molecule has 1 atom stereocenters. The fraction of sp³-hybridized carbons (Fsp3) is 0.500. The van der Waals surface area contributed by atoms with E-state index in [1.54, 1.807) is 27.0 Å². The first kappa shape index (κ1) is 24.1. The normalized spacial score (nSPS) is 20.3. The van der Waals surface area contributed by atoms with Gasteiger partial charge in [-0.15, -0.1) is 0 Å². The Morgan fingerprint density at radius 3 is 2.83 bits per heavy atom. The van der Waals surface area contributed by atoms with E-state index < -0.39 is 23.7 Å². The summed E-state index contributed by atoms with van der Waals surface area (Å²) in [6.45, 7) is 3.95. The molecule has 1 fully saturated rings. The first-order chi connectivity index (χ1) is 17.0. The Balaban J connectivity index is 1.46. The monoisotopic (exact) mass is 504 g/mol. The predicted molar refractivity (Wildman–Crippen MR) is 126 cm³/mol. The molecule has 0 radical (unpaired) electrons. The average Bonchev–Trinajstić information content (AvgIpc) is 3.54. The SMILES string of the molecule is CNc1nc(COC(=N)N2CCC[C@@H]2C(F)(F)F)nc2c1C(C)(C)C(=O)N2c1ccc2c(c1)CCO2. The summed E-state index contributed by atoms with van der Waals surface area (Å²) < 4.78 is 50.9. The number of amides is 1. The molecule has 3 aliphatic rings. The summed E-state index contributed by atoms with van der Waals surface area (Å²) in [5.41, 5.74) is 1.32. The number of benzene rings is 1. The van der Waals surface area contributed by atoms with Gasteiger partial charge >= 0.3 is 6.18 Å². The number of nitrogens with one attached hydrogen (secondary N) is 2. The van der Waals surface area contributed by atoms with Crippen molar-refractivity contribution >= 4 is 29.3 Å². The number of nitrogens with zero attached hydrogens (tertiary/aromatic N) is 4. The second-order valence-electron chi connectivity index (χ2n) is 9.58. The van der Waals surface area contributed by atoms with Gasteiger partial charge in [-0.2, -0.15) is 13.2 Å². The highest BCUT2D eigenvalue weighted by molar-refractivity contribution is 6.12. The molecule has 1 amide bonds. The van der Waals surface area contributed by atoms with E-state index in [0.29, 0.717) is 35.9 Å². The fourth-order valence-corrected chi connectivity index (χ4v) is 5.08. The zero-order valence-corrected chi connectivity index (χ0v) is 20.2. The van der Waals surface area contributed by atoms with E-state index in [0.717, 1.165) is 22.6 Å². The summed E-state index contributed by atoms with van der Waals surface area (Å²) in [4.78, 5) is 25.1. The molecule has 0 spiro atoms. The fourth-order valence-electron chi connectivity index (χ4n) is 5.08. The van der Waals surface area contributed by atoms with Crippen molar-refractivity contribution in [2.45, 2.75) is 57.3 Å². The molecule has 5 rings (SSSR count). The predicted octanol–water partition coefficient (Wildman–Crippen LogP) is 3.89. The highest BCUT2D eigenvalue weighted by atomic mass is 19.4. The van der Waals surface area contributed by atoms with Crippen LogP contribution in [0.5, 0.6) is 5.75 Å². The quantitative estimate of drug-likeness (QED) is 0.481. The van der Waals surface area contributed by atoms with Crippen LogP contribution in [0.15, 0.2) is 18.2 Å². The van der Waals surface area contributed by atoms with E-state index in [1.165, 1.54) is 4.90 Å². The summed E-state index contributed by atoms with van der Waals surface area (Å²) in [5, 5.41) is 11.1. The number of amidine groups is 1. The molecule has 3 aliphatic heterocycles. The zero-order chi connectivity index (χ0) is 25.8. The van der Waals surface area contributed by atoms with E-state index in [4.69, 9.17) is 14.9 Å². The maximum Gasteiger partial charge on any atom is 0.408 e. The lowest BCUT2D eigenvalue weighted by molar-refractivity contribution is -0.169. The van der Waals surface area contributed by atoms with Crippen molar-refractivity contribution in [3.05, 3.63) is 35.2 Å². The Bertz CT molecular complexity index is 1230. The number of fused-ring (bicyclic) bond motifs is 2. The summed E-state index contributed by atoms with van der Waals surface area (Å²) in [6.07, 6.45) is -3.45. The van der Waals surface area contributed by atoms with Crippen LogP contribution in [0.3, 0.4) is 0 Å². The third-order valence-corrected chi connectivity index (χ3v) is 6.91. The first-order valence-corrected chi connectivity index (χ1v) is 11.8. The molecule has 9 nitrogen and oxygen atoms in total. The van der Waals surface area contributed by atoms with Crippen molar-refractivity contribution in [1.29, 1.82) is 5.41 Å². The molecule has 1 saturated heterocycles. The van der Waals surface area contributed by atoms with Gasteiger partial charge in [0.15, 0.2) is 12.4 Å². The van der Waals surface area contributed by atoms with Crippen molar-refractivity contribution in [3.63, 3.8) is 0 Å². The van der Waals surface area contributed by atoms with Crippen LogP contribution in [0.25, 0.3) is 0 Å². The maximum absolute atomic E-state index is 13.6. The van der Waals surface area contributed by atoms with Crippen molar-refractivity contribution in [2.24, 2.45) is 0 Å². The first-order valence-electron chi connectivity index (χ1n) is 11.8. The van der Waals surface area contributed by atoms with Crippen molar-refractivity contribution in [1.82, 2.24) is 14.9 Å². The molecule has 4 heterocycles. The molecule has 0 saturated carbocycles. The standard InChI is InChI=1S/C24H27F3N6O3/c1-23(2)18-19(29-3)30-17(12-36-22(28)32-9-4-5-16(32)24(25,26)27)31-20(18)33(21(23)34)14-6-7-15-13(11-14)8-10-35-15/h6-7,11,16,28H,4-5,8-10,12H2,1-3H3,(H,29,30,31)/t16-/m1/s1. The number of aromatic nitrogens is 2. The summed E-state index contributed by atoms with van der Waals surface area (Å²) >= 11 is 0. The van der Waals surface area contributed by atoms with E-state index in [9.17, 15) is 18.0 Å². The van der Waals surface area contributed by atoms with Gasteiger partial charge in [-0.3, -0.25) is 15.1 Å². The lowest BCUT2D eigenvalue weighted by Crippen LogP contribution is -2.45. The number of hydrogen-bond donors (Lipinski definition) is 2. The molecule has 0 aliphatic carbocycles. The smallest absolute Gasteiger partial charge is 0.408 e. The minimum atomic E-state index is -4.44. The number of ether oxygens (including phenoxy) is 2. The number of alkyl halides is 3. The Labute approximate surface area is 206 Å². The zero-order valence-electron chi connectivity index (χ0n) is 20.2. The number of carbonyl (C=O) groups excluding carboxylic acids is 1. The van der Waals surface area contributed by atoms with Crippen LogP contribution in [0.4, 0.5) is 30.5 Å². The van der Waals surface area contributed by atoms with Crippen molar-refractivity contribution < 1.29 is 27.4 Å². The van der Waals surface area contributed by atoms with Gasteiger partial charge in [0, 0.05) is 20.0 Å². The number of hydrogen-bond acceptors (Lipinski definition) is 7. The highest BCUT2D eigenvalue weighted by Gasteiger charge is 2.49. The number of likely N-dealkylation sites (tertiary alicyclic amines) is 1. The molecular weight excluding hydrogens is 477 g/mol. The maximum atomic E-state index is 13.6. The molecule has 2 N–H and O–H groups in total. The van der Waals surface area contributed by atoms with Gasteiger partial charge in [0.1, 0.15) is 23.4 Å². The molecule has 2 aromatic rings. The van der Waals surface area contributed by atoms with Crippen LogP contribution in [-0.2, 0) is 28.0 Å². The Morgan fingerprint density at radius 1 is 1.33 bits per heavy atom. The summed E-state index contributed by atoms with van der Waals surface area (Å²) in [5.74, 6) is 1.55. The van der Waals surface area contributed by atoms with Gasteiger partial charge in [0.05, 0.1) is 23.3 Å². The van der Waals surface area contributed by atoms with Crippen molar-refractivity contribution in [2.75, 3.05) is 30.4 Å². The van der Waals surface area contributed by atoms with Gasteiger partial charge in [0.2, 0.25) is 5.91 Å². The summed E-state index contributed by atoms with van der Waals surface area (Å²) in [7, 11) is 1.67. The third-order valence-electron chi connectivity index (χ3n) is 6.91. The average molecular weight is 505 g/mol. The van der Waals surface area contributed by atoms with Crippen LogP contribution in [0.2, 0.25) is 0 Å². The summed E-state index contributed by atoms with van der Waals surface area (Å²) in [6, 6.07) is 3.22. The number of anilines is 3. The molecule has 192 valence electrons. The van der Waals surface area contributed by atoms with Crippen LogP contribution in [0, 0.1) is 5.41 Å². The van der Waals surface area contributed by atoms with E-state index >= 15 is 0 Å². The van der Waals surface area contributed by atoms with Crippen LogP contribution in [-0.4, -0.2) is 59.2 Å². The molecule has 1 aromatic carbocycles. The largest absolute Gasteiger partial charge is 0.493 e. The van der Waals surface area contributed by atoms with Gasteiger partial charge in [-0.1, -0.05) is 0 Å². The number of halogens is 3. The van der Waals surface area contributed by atoms with Gasteiger partial charge in [-0.05, 0) is 50.5 Å². The third kappa shape index (κ3) is 3.88. The second kappa shape index (κ2) is 8.52. The lowest BCUT2D eigenvalue weighted by Gasteiger charge is -2.27.